The molecule has 2 unspecified atom stereocenters. The Kier molecular flexibility index (Phi) is 9.02. The van der Waals surface area contributed by atoms with E-state index in [0.29, 0.717) is 11.0 Å². The minimum Gasteiger partial charge on any atom is -0.387 e. The lowest BCUT2D eigenvalue weighted by Gasteiger charge is -2.21. The van der Waals surface area contributed by atoms with E-state index < -0.39 is 54.6 Å². The minimum absolute atomic E-state index is 0.129. The molecule has 0 aliphatic carbocycles. The average Bonchev–Trinajstić information content (AvgIpc) is 3.14. The number of nitrogens with zero attached hydrogens (tertiary/aromatic N) is 2. The van der Waals surface area contributed by atoms with Crippen LogP contribution in [0.3, 0.4) is 0 Å². The van der Waals surface area contributed by atoms with Crippen molar-refractivity contribution in [2.45, 2.75) is 44.4 Å². The van der Waals surface area contributed by atoms with E-state index in [0.717, 1.165) is 0 Å². The number of hydrogen-bond donors (Lipinski definition) is 7. The summed E-state index contributed by atoms with van der Waals surface area (Å²) in [6.07, 6.45) is -6.13. The monoisotopic (exact) mass is 615 g/mol. The van der Waals surface area contributed by atoms with E-state index >= 15 is 0 Å². The van der Waals surface area contributed by atoms with Crippen LogP contribution >= 0.6 is 46.7 Å². The molecular weight excluding hydrogens is 594 g/mol. The van der Waals surface area contributed by atoms with Gasteiger partial charge in [0.05, 0.1) is 27.7 Å². The highest BCUT2D eigenvalue weighted by molar-refractivity contribution is 7.66. The molecular formula is C15H22Cl2N3O13P3. The Bertz CT molecular complexity index is 1270. The second-order valence-electron chi connectivity index (χ2n) is 7.79. The normalized spacial score (nSPS) is 26.3. The Balaban J connectivity index is 1.83. The molecule has 36 heavy (non-hydrogen) atoms. The second-order valence-corrected chi connectivity index (χ2v) is 13.0. The van der Waals surface area contributed by atoms with Crippen molar-refractivity contribution in [2.24, 2.45) is 0 Å². The molecule has 1 saturated heterocycles. The number of nitrogens with one attached hydrogen (secondary N) is 1. The fourth-order valence-corrected chi connectivity index (χ4v) is 6.60. The van der Waals surface area contributed by atoms with Gasteiger partial charge in [-0.05, 0) is 26.0 Å². The van der Waals surface area contributed by atoms with Gasteiger partial charge in [-0.2, -0.15) is 8.62 Å². The standard InChI is InChI=1S/C15H22Cl2N3O13P3/c1-6(2)18-15-19-9-3-7(16)8(17)4-10(9)20(15)14-13(22)12(21)11(31-14)5-30-35(26,27)33-36(28,29)32-34(23,24)25/h3-4,6,11-14,21-22H,5H2,1-2H3,(H,18,19)(H,26,27)(H,28,29)(H2,23,24,25)/t11-,12-,13-,14-/m1/s1. The lowest BCUT2D eigenvalue weighted by atomic mass is 10.1. The van der Waals surface area contributed by atoms with Crippen molar-refractivity contribution < 1.29 is 61.4 Å². The van der Waals surface area contributed by atoms with Crippen LogP contribution in [0.2, 0.25) is 10.0 Å². The number of phosphoric ester groups is 1. The van der Waals surface area contributed by atoms with E-state index in [9.17, 15) is 33.7 Å². The summed E-state index contributed by atoms with van der Waals surface area (Å²) in [6, 6.07) is 2.81. The molecule has 1 aliphatic rings. The zero-order valence-electron chi connectivity index (χ0n) is 18.3. The van der Waals surface area contributed by atoms with Crippen LogP contribution in [0.1, 0.15) is 20.1 Å². The zero-order chi connectivity index (χ0) is 27.2. The van der Waals surface area contributed by atoms with Gasteiger partial charge in [-0.25, -0.2) is 18.7 Å². The first-order chi connectivity index (χ1) is 16.4. The predicted molar refractivity (Wildman–Crippen MR) is 124 cm³/mol. The molecule has 204 valence electrons. The quantitative estimate of drug-likeness (QED) is 0.189. The molecule has 6 atom stereocenters. The summed E-state index contributed by atoms with van der Waals surface area (Å²) < 4.78 is 53.0. The molecule has 21 heteroatoms. The summed E-state index contributed by atoms with van der Waals surface area (Å²) in [5, 5.41) is 24.5. The summed E-state index contributed by atoms with van der Waals surface area (Å²) in [6.45, 7) is 2.66. The molecule has 0 saturated carbocycles. The summed E-state index contributed by atoms with van der Waals surface area (Å²) in [5.41, 5.74) is 0.729. The van der Waals surface area contributed by atoms with E-state index in [1.54, 1.807) is 0 Å². The smallest absolute Gasteiger partial charge is 0.387 e. The number of fused-ring (bicyclic) bond motifs is 1. The van der Waals surface area contributed by atoms with Crippen LogP contribution in [0.4, 0.5) is 5.95 Å². The number of hydrogen-bond acceptors (Lipinski definition) is 11. The molecule has 0 radical (unpaired) electrons. The highest BCUT2D eigenvalue weighted by atomic mass is 35.5. The number of phosphoric acid groups is 3. The van der Waals surface area contributed by atoms with Crippen LogP contribution in [0.25, 0.3) is 11.0 Å². The summed E-state index contributed by atoms with van der Waals surface area (Å²) in [7, 11) is -16.8. The van der Waals surface area contributed by atoms with Crippen molar-refractivity contribution in [1.82, 2.24) is 9.55 Å². The molecule has 0 spiro atoms. The van der Waals surface area contributed by atoms with Gasteiger partial charge < -0.3 is 39.8 Å². The molecule has 1 aromatic heterocycles. The highest BCUT2D eigenvalue weighted by Crippen LogP contribution is 2.66. The first-order valence-corrected chi connectivity index (χ1v) is 15.1. The largest absolute Gasteiger partial charge is 0.490 e. The van der Waals surface area contributed by atoms with Crippen molar-refractivity contribution >= 4 is 63.7 Å². The Morgan fingerprint density at radius 2 is 1.67 bits per heavy atom. The molecule has 7 N–H and O–H groups in total. The number of rotatable bonds is 10. The number of anilines is 1. The van der Waals surface area contributed by atoms with Crippen molar-refractivity contribution in [3.63, 3.8) is 0 Å². The third-order valence-corrected chi connectivity index (χ3v) is 9.08. The molecule has 1 fully saturated rings. The number of imidazole rings is 1. The van der Waals surface area contributed by atoms with Gasteiger partial charge in [0.15, 0.2) is 6.23 Å². The third-order valence-electron chi connectivity index (χ3n) is 4.56. The first-order valence-electron chi connectivity index (χ1n) is 9.82. The number of ether oxygens (including phenoxy) is 1. The zero-order valence-corrected chi connectivity index (χ0v) is 22.5. The third kappa shape index (κ3) is 7.26. The summed E-state index contributed by atoms with van der Waals surface area (Å²) >= 11 is 12.2. The van der Waals surface area contributed by atoms with Crippen LogP contribution in [-0.2, 0) is 31.6 Å². The molecule has 1 aromatic carbocycles. The Hall–Kier alpha value is -0.640. The van der Waals surface area contributed by atoms with Crippen molar-refractivity contribution in [1.29, 1.82) is 0 Å². The van der Waals surface area contributed by atoms with Gasteiger partial charge in [-0.15, -0.1) is 0 Å². The Labute approximate surface area is 213 Å². The van der Waals surface area contributed by atoms with Crippen molar-refractivity contribution in [3.8, 4) is 0 Å². The SMILES string of the molecule is CC(C)Nc1nc2cc(Cl)c(Cl)cc2n1[C@@H]1O[C@H](COP(=O)(O)OP(=O)(O)OP(=O)(O)O)[C@@H](O)[C@H]1O. The van der Waals surface area contributed by atoms with E-state index in [-0.39, 0.29) is 22.0 Å². The maximum Gasteiger partial charge on any atom is 0.490 e. The van der Waals surface area contributed by atoms with Crippen molar-refractivity contribution in [2.75, 3.05) is 11.9 Å². The lowest BCUT2D eigenvalue weighted by molar-refractivity contribution is -0.0491. The number of halogens is 2. The fraction of sp³-hybridized carbons (Fsp3) is 0.533. The summed E-state index contributed by atoms with van der Waals surface area (Å²) in [5.74, 6) is 0.211. The van der Waals surface area contributed by atoms with Crippen LogP contribution in [0, 0.1) is 0 Å². The highest BCUT2D eigenvalue weighted by Gasteiger charge is 2.47. The van der Waals surface area contributed by atoms with E-state index in [1.807, 2.05) is 13.8 Å². The number of aromatic nitrogens is 2. The lowest BCUT2D eigenvalue weighted by Crippen LogP contribution is -2.34. The molecule has 16 nitrogen and oxygen atoms in total. The number of aliphatic hydroxyl groups is 2. The molecule has 1 aliphatic heterocycles. The number of benzene rings is 1. The van der Waals surface area contributed by atoms with E-state index in [2.05, 4.69) is 23.4 Å². The van der Waals surface area contributed by atoms with E-state index in [1.165, 1.54) is 16.7 Å². The van der Waals surface area contributed by atoms with Gasteiger partial charge in [0, 0.05) is 6.04 Å². The van der Waals surface area contributed by atoms with Crippen LogP contribution < -0.4 is 5.32 Å². The Morgan fingerprint density at radius 3 is 2.25 bits per heavy atom. The second kappa shape index (κ2) is 10.9. The van der Waals surface area contributed by atoms with Crippen LogP contribution in [-0.4, -0.2) is 70.3 Å². The molecule has 2 aromatic rings. The molecule has 3 rings (SSSR count). The predicted octanol–water partition coefficient (Wildman–Crippen LogP) is 2.13. The molecule has 0 amide bonds. The number of aliphatic hydroxyl groups excluding tert-OH is 2. The van der Waals surface area contributed by atoms with Crippen molar-refractivity contribution in [3.05, 3.63) is 22.2 Å². The maximum atomic E-state index is 12.0. The average molecular weight is 616 g/mol. The molecule has 2 heterocycles. The van der Waals surface area contributed by atoms with Gasteiger partial charge in [0.2, 0.25) is 5.95 Å². The van der Waals surface area contributed by atoms with Gasteiger partial charge in [-0.1, -0.05) is 23.2 Å². The van der Waals surface area contributed by atoms with Crippen LogP contribution in [0.15, 0.2) is 12.1 Å². The van der Waals surface area contributed by atoms with Gasteiger partial charge in [0.1, 0.15) is 18.3 Å². The summed E-state index contributed by atoms with van der Waals surface area (Å²) in [4.78, 5) is 40.4. The Morgan fingerprint density at radius 1 is 1.06 bits per heavy atom. The maximum absolute atomic E-state index is 12.0. The fourth-order valence-electron chi connectivity index (χ4n) is 3.26. The van der Waals surface area contributed by atoms with Gasteiger partial charge >= 0.3 is 23.5 Å². The van der Waals surface area contributed by atoms with Crippen LogP contribution in [0.5, 0.6) is 0 Å². The molecule has 0 bridgehead atoms. The van der Waals surface area contributed by atoms with Gasteiger partial charge in [0.25, 0.3) is 0 Å². The minimum atomic E-state index is -5.73. The van der Waals surface area contributed by atoms with Gasteiger partial charge in [-0.3, -0.25) is 9.09 Å². The topological polar surface area (TPSA) is 239 Å². The van der Waals surface area contributed by atoms with E-state index in [4.69, 9.17) is 37.7 Å². The first kappa shape index (κ1) is 29.9.